The van der Waals surface area contributed by atoms with E-state index in [0.717, 1.165) is 0 Å². The minimum atomic E-state index is -1.72. The van der Waals surface area contributed by atoms with E-state index in [9.17, 15) is 10.2 Å². The largest absolute Gasteiger partial charge is 0.508 e. The molecule has 2 N–H and O–H groups in total. The van der Waals surface area contributed by atoms with Crippen molar-refractivity contribution in [3.05, 3.63) is 48.5 Å². The minimum absolute atomic E-state index is 0.296. The Morgan fingerprint density at radius 3 is 1.24 bits per heavy atom. The van der Waals surface area contributed by atoms with Gasteiger partial charge in [-0.2, -0.15) is 0 Å². The summed E-state index contributed by atoms with van der Waals surface area (Å²) in [6, 6.07) is 14.8. The van der Waals surface area contributed by atoms with Crippen molar-refractivity contribution >= 4 is 18.4 Å². The predicted octanol–water partition coefficient (Wildman–Crippen LogP) is 1.92. The number of phenolic OH excluding ortho intramolecular Hbond substituents is 2. The molecule has 2 aromatic rings. The summed E-state index contributed by atoms with van der Waals surface area (Å²) < 4.78 is 0. The number of hydrogen-bond donors (Lipinski definition) is 2. The predicted molar refractivity (Wildman–Crippen MR) is 73.0 cm³/mol. The smallest absolute Gasteiger partial charge is 0.115 e. The van der Waals surface area contributed by atoms with Gasteiger partial charge in [0.25, 0.3) is 0 Å². The SMILES string of the molecule is C[Si](C)(c1ccc(O)cc1)c1ccc(O)cc1. The lowest BCUT2D eigenvalue weighted by molar-refractivity contribution is 0.475. The molecule has 0 fully saturated rings. The van der Waals surface area contributed by atoms with Crippen LogP contribution in [-0.2, 0) is 0 Å². The third-order valence-electron chi connectivity index (χ3n) is 3.18. The van der Waals surface area contributed by atoms with Crippen molar-refractivity contribution in [1.82, 2.24) is 0 Å². The number of hydrogen-bond acceptors (Lipinski definition) is 2. The fourth-order valence-electron chi connectivity index (χ4n) is 1.92. The van der Waals surface area contributed by atoms with Gasteiger partial charge in [0.2, 0.25) is 0 Å². The molecule has 0 aromatic heterocycles. The molecule has 0 radical (unpaired) electrons. The molecular formula is C14H16O2Si. The highest BCUT2D eigenvalue weighted by Crippen LogP contribution is 2.11. The molecule has 88 valence electrons. The molecule has 0 spiro atoms. The van der Waals surface area contributed by atoms with Gasteiger partial charge in [-0.3, -0.25) is 0 Å². The molecule has 0 aliphatic heterocycles. The first-order valence-electron chi connectivity index (χ1n) is 5.59. The Labute approximate surface area is 102 Å². The second-order valence-corrected chi connectivity index (χ2v) is 9.12. The lowest BCUT2D eigenvalue weighted by Gasteiger charge is -2.23. The lowest BCUT2D eigenvalue weighted by atomic mass is 10.3. The van der Waals surface area contributed by atoms with Crippen LogP contribution in [0, 0.1) is 0 Å². The van der Waals surface area contributed by atoms with E-state index in [4.69, 9.17) is 0 Å². The first-order valence-corrected chi connectivity index (χ1v) is 8.59. The van der Waals surface area contributed by atoms with E-state index in [1.165, 1.54) is 10.4 Å². The molecule has 0 unspecified atom stereocenters. The highest BCUT2D eigenvalue weighted by Gasteiger charge is 2.25. The van der Waals surface area contributed by atoms with Crippen molar-refractivity contribution < 1.29 is 10.2 Å². The van der Waals surface area contributed by atoms with E-state index in [1.54, 1.807) is 24.3 Å². The Morgan fingerprint density at radius 1 is 0.647 bits per heavy atom. The summed E-state index contributed by atoms with van der Waals surface area (Å²) in [4.78, 5) is 0. The molecule has 0 heterocycles. The van der Waals surface area contributed by atoms with Crippen molar-refractivity contribution in [3.63, 3.8) is 0 Å². The van der Waals surface area contributed by atoms with Gasteiger partial charge in [-0.1, -0.05) is 47.7 Å². The molecule has 0 bridgehead atoms. The summed E-state index contributed by atoms with van der Waals surface area (Å²) in [6.07, 6.45) is 0. The van der Waals surface area contributed by atoms with E-state index in [-0.39, 0.29) is 0 Å². The molecule has 2 aromatic carbocycles. The molecule has 0 atom stereocenters. The zero-order valence-corrected chi connectivity index (χ0v) is 11.0. The van der Waals surface area contributed by atoms with Crippen molar-refractivity contribution in [2.75, 3.05) is 0 Å². The minimum Gasteiger partial charge on any atom is -0.508 e. The maximum atomic E-state index is 9.31. The number of aromatic hydroxyl groups is 2. The standard InChI is InChI=1S/C14H16O2Si/c1-17(2,13-7-3-11(15)4-8-13)14-9-5-12(16)6-10-14/h3-10,15-16H,1-2H3. The molecule has 2 rings (SSSR count). The van der Waals surface area contributed by atoms with Crippen molar-refractivity contribution in [2.45, 2.75) is 13.1 Å². The van der Waals surface area contributed by atoms with E-state index in [2.05, 4.69) is 13.1 Å². The highest BCUT2D eigenvalue weighted by molar-refractivity contribution is 7.00. The van der Waals surface area contributed by atoms with Gasteiger partial charge < -0.3 is 10.2 Å². The van der Waals surface area contributed by atoms with Crippen molar-refractivity contribution in [2.24, 2.45) is 0 Å². The fourth-order valence-corrected chi connectivity index (χ4v) is 4.26. The fraction of sp³-hybridized carbons (Fsp3) is 0.143. The zero-order valence-electron chi connectivity index (χ0n) is 10.0. The maximum Gasteiger partial charge on any atom is 0.115 e. The maximum absolute atomic E-state index is 9.31. The van der Waals surface area contributed by atoms with Gasteiger partial charge in [-0.25, -0.2) is 0 Å². The topological polar surface area (TPSA) is 40.5 Å². The van der Waals surface area contributed by atoms with Crippen LogP contribution in [0.25, 0.3) is 0 Å². The number of phenols is 2. The first kappa shape index (κ1) is 11.7. The second-order valence-electron chi connectivity index (χ2n) is 4.72. The molecule has 0 aliphatic rings. The average Bonchev–Trinajstić information content (AvgIpc) is 2.30. The zero-order chi connectivity index (χ0) is 12.5. The van der Waals surface area contributed by atoms with Crippen LogP contribution >= 0.6 is 0 Å². The summed E-state index contributed by atoms with van der Waals surface area (Å²) in [5.41, 5.74) is 0. The third kappa shape index (κ3) is 2.34. The van der Waals surface area contributed by atoms with Gasteiger partial charge in [0.05, 0.1) is 0 Å². The Hall–Kier alpha value is -1.74. The van der Waals surface area contributed by atoms with Gasteiger partial charge in [-0.15, -0.1) is 0 Å². The second kappa shape index (κ2) is 4.26. The van der Waals surface area contributed by atoms with E-state index in [1.807, 2.05) is 24.3 Å². The molecule has 0 aliphatic carbocycles. The van der Waals surface area contributed by atoms with Crippen LogP contribution in [0.2, 0.25) is 13.1 Å². The average molecular weight is 244 g/mol. The van der Waals surface area contributed by atoms with Gasteiger partial charge in [-0.05, 0) is 24.3 Å². The van der Waals surface area contributed by atoms with Crippen LogP contribution in [0.3, 0.4) is 0 Å². The third-order valence-corrected chi connectivity index (χ3v) is 6.73. The van der Waals surface area contributed by atoms with Crippen LogP contribution in [0.5, 0.6) is 11.5 Å². The van der Waals surface area contributed by atoms with E-state index >= 15 is 0 Å². The molecule has 0 saturated heterocycles. The molecular weight excluding hydrogens is 228 g/mol. The number of rotatable bonds is 2. The number of benzene rings is 2. The van der Waals surface area contributed by atoms with E-state index in [0.29, 0.717) is 11.5 Å². The van der Waals surface area contributed by atoms with Gasteiger partial charge in [0, 0.05) is 0 Å². The van der Waals surface area contributed by atoms with Crippen molar-refractivity contribution in [3.8, 4) is 11.5 Å². The van der Waals surface area contributed by atoms with Crippen molar-refractivity contribution in [1.29, 1.82) is 0 Å². The van der Waals surface area contributed by atoms with Crippen LogP contribution < -0.4 is 10.4 Å². The molecule has 17 heavy (non-hydrogen) atoms. The van der Waals surface area contributed by atoms with Crippen LogP contribution in [-0.4, -0.2) is 18.3 Å². The molecule has 2 nitrogen and oxygen atoms in total. The monoisotopic (exact) mass is 244 g/mol. The summed E-state index contributed by atoms with van der Waals surface area (Å²) in [5, 5.41) is 21.2. The summed E-state index contributed by atoms with van der Waals surface area (Å²) >= 11 is 0. The Kier molecular flexibility index (Phi) is 2.94. The van der Waals surface area contributed by atoms with Gasteiger partial charge in [0.15, 0.2) is 0 Å². The van der Waals surface area contributed by atoms with Gasteiger partial charge >= 0.3 is 0 Å². The van der Waals surface area contributed by atoms with Crippen LogP contribution in [0.4, 0.5) is 0 Å². The summed E-state index contributed by atoms with van der Waals surface area (Å²) in [5.74, 6) is 0.591. The van der Waals surface area contributed by atoms with Crippen LogP contribution in [0.1, 0.15) is 0 Å². The Morgan fingerprint density at radius 2 is 0.941 bits per heavy atom. The summed E-state index contributed by atoms with van der Waals surface area (Å²) in [6.45, 7) is 4.51. The Bertz CT molecular complexity index is 453. The first-order chi connectivity index (χ1) is 8.00. The normalized spacial score (nSPS) is 11.4. The van der Waals surface area contributed by atoms with Crippen LogP contribution in [0.15, 0.2) is 48.5 Å². The lowest BCUT2D eigenvalue weighted by Crippen LogP contribution is -2.52. The van der Waals surface area contributed by atoms with Gasteiger partial charge in [0.1, 0.15) is 19.6 Å². The highest BCUT2D eigenvalue weighted by atomic mass is 28.3. The Balaban J connectivity index is 2.41. The summed E-state index contributed by atoms with van der Waals surface area (Å²) in [7, 11) is -1.72. The quantitative estimate of drug-likeness (QED) is 0.792. The molecule has 0 saturated carbocycles. The molecule has 3 heteroatoms. The van der Waals surface area contributed by atoms with E-state index < -0.39 is 8.07 Å². The molecule has 0 amide bonds.